The number of hydrogen-bond donors (Lipinski definition) is 1. The summed E-state index contributed by atoms with van der Waals surface area (Å²) in [5.74, 6) is -1.20. The molecule has 1 aromatic carbocycles. The van der Waals surface area contributed by atoms with E-state index in [0.717, 1.165) is 0 Å². The molecule has 0 aliphatic heterocycles. The molecule has 0 aliphatic carbocycles. The van der Waals surface area contributed by atoms with E-state index in [1.165, 1.54) is 26.8 Å². The zero-order valence-electron chi connectivity index (χ0n) is 9.42. The molecule has 0 bridgehead atoms. The van der Waals surface area contributed by atoms with E-state index < -0.39 is 17.1 Å². The van der Waals surface area contributed by atoms with Crippen molar-refractivity contribution in [1.29, 1.82) is 0 Å². The maximum Gasteiger partial charge on any atom is 0.312 e. The molecular formula is C12H14ClFO2. The maximum atomic E-state index is 14.6. The molecule has 1 unspecified atom stereocenters. The van der Waals surface area contributed by atoms with E-state index in [9.17, 15) is 9.18 Å². The number of rotatable bonds is 3. The minimum Gasteiger partial charge on any atom is -0.481 e. The Morgan fingerprint density at radius 2 is 1.81 bits per heavy atom. The topological polar surface area (TPSA) is 37.3 Å². The van der Waals surface area contributed by atoms with Crippen molar-refractivity contribution in [2.45, 2.75) is 26.4 Å². The third-order valence-electron chi connectivity index (χ3n) is 3.09. The Balaban J connectivity index is 3.32. The van der Waals surface area contributed by atoms with Crippen molar-refractivity contribution < 1.29 is 14.3 Å². The van der Waals surface area contributed by atoms with Gasteiger partial charge in [0.1, 0.15) is 11.1 Å². The van der Waals surface area contributed by atoms with Gasteiger partial charge in [-0.2, -0.15) is 0 Å². The average molecular weight is 245 g/mol. The SMILES string of the molecule is CC(C)(C(=O)O)C(C)(F)c1ccccc1Cl. The largest absolute Gasteiger partial charge is 0.481 e. The third-order valence-corrected chi connectivity index (χ3v) is 3.42. The van der Waals surface area contributed by atoms with E-state index in [0.29, 0.717) is 0 Å². The molecule has 0 saturated carbocycles. The fraction of sp³-hybridized carbons (Fsp3) is 0.417. The summed E-state index contributed by atoms with van der Waals surface area (Å²) in [5, 5.41) is 9.28. The molecule has 16 heavy (non-hydrogen) atoms. The second-order valence-electron chi connectivity index (χ2n) is 4.41. The van der Waals surface area contributed by atoms with Crippen molar-refractivity contribution in [3.8, 4) is 0 Å². The van der Waals surface area contributed by atoms with Crippen molar-refractivity contribution in [2.75, 3.05) is 0 Å². The second kappa shape index (κ2) is 4.06. The van der Waals surface area contributed by atoms with Crippen molar-refractivity contribution in [2.24, 2.45) is 5.41 Å². The van der Waals surface area contributed by atoms with Gasteiger partial charge in [-0.1, -0.05) is 29.8 Å². The average Bonchev–Trinajstić information content (AvgIpc) is 2.17. The molecule has 2 nitrogen and oxygen atoms in total. The Morgan fingerprint density at radius 3 is 2.25 bits per heavy atom. The second-order valence-corrected chi connectivity index (χ2v) is 4.82. The normalized spacial score (nSPS) is 15.6. The van der Waals surface area contributed by atoms with Crippen LogP contribution in [-0.2, 0) is 10.5 Å². The van der Waals surface area contributed by atoms with Crippen LogP contribution in [0.25, 0.3) is 0 Å². The Labute approximate surface area is 99.0 Å². The van der Waals surface area contributed by atoms with Gasteiger partial charge in [-0.15, -0.1) is 0 Å². The molecule has 1 atom stereocenters. The van der Waals surface area contributed by atoms with Gasteiger partial charge in [0.15, 0.2) is 0 Å². The van der Waals surface area contributed by atoms with Crippen LogP contribution in [0.4, 0.5) is 4.39 Å². The van der Waals surface area contributed by atoms with Crippen LogP contribution in [0.5, 0.6) is 0 Å². The molecule has 0 amide bonds. The van der Waals surface area contributed by atoms with Gasteiger partial charge in [0.05, 0.1) is 0 Å². The van der Waals surface area contributed by atoms with E-state index >= 15 is 0 Å². The van der Waals surface area contributed by atoms with Gasteiger partial charge in [0, 0.05) is 10.6 Å². The summed E-state index contributed by atoms with van der Waals surface area (Å²) in [6.07, 6.45) is 0. The number of carboxylic acids is 1. The molecule has 1 aromatic rings. The van der Waals surface area contributed by atoms with Crippen molar-refractivity contribution >= 4 is 17.6 Å². The monoisotopic (exact) mass is 244 g/mol. The predicted octanol–water partition coefficient (Wildman–Crippen LogP) is 3.64. The lowest BCUT2D eigenvalue weighted by Crippen LogP contribution is -2.42. The molecule has 0 radical (unpaired) electrons. The minimum absolute atomic E-state index is 0.198. The van der Waals surface area contributed by atoms with Gasteiger partial charge in [-0.05, 0) is 26.8 Å². The molecule has 0 aliphatic rings. The quantitative estimate of drug-likeness (QED) is 0.882. The summed E-state index contributed by atoms with van der Waals surface area (Å²) in [6, 6.07) is 6.37. The van der Waals surface area contributed by atoms with Gasteiger partial charge in [-0.25, -0.2) is 4.39 Å². The van der Waals surface area contributed by atoms with Crippen LogP contribution in [0.2, 0.25) is 5.02 Å². The first kappa shape index (κ1) is 13.0. The first-order valence-corrected chi connectivity index (χ1v) is 5.26. The number of carbonyl (C=O) groups is 1. The summed E-state index contributed by atoms with van der Waals surface area (Å²) in [5.41, 5.74) is -3.38. The summed E-state index contributed by atoms with van der Waals surface area (Å²) in [7, 11) is 0. The predicted molar refractivity (Wildman–Crippen MR) is 61.3 cm³/mol. The molecule has 0 spiro atoms. The highest BCUT2D eigenvalue weighted by atomic mass is 35.5. The van der Waals surface area contributed by atoms with Crippen LogP contribution < -0.4 is 0 Å². The van der Waals surface area contributed by atoms with Crippen LogP contribution in [0.3, 0.4) is 0 Å². The number of aliphatic carboxylic acids is 1. The van der Waals surface area contributed by atoms with Crippen molar-refractivity contribution in [3.05, 3.63) is 34.9 Å². The van der Waals surface area contributed by atoms with Crippen molar-refractivity contribution in [3.63, 3.8) is 0 Å². The van der Waals surface area contributed by atoms with Crippen LogP contribution in [0.1, 0.15) is 26.3 Å². The lowest BCUT2D eigenvalue weighted by atomic mass is 9.73. The summed E-state index contributed by atoms with van der Waals surface area (Å²) in [6.45, 7) is 3.93. The Hall–Kier alpha value is -1.09. The van der Waals surface area contributed by atoms with Gasteiger partial charge in [-0.3, -0.25) is 4.79 Å². The zero-order chi connectivity index (χ0) is 12.6. The molecule has 88 valence electrons. The number of halogens is 2. The molecule has 1 N–H and O–H groups in total. The number of hydrogen-bond acceptors (Lipinski definition) is 1. The Morgan fingerprint density at radius 1 is 1.31 bits per heavy atom. The fourth-order valence-corrected chi connectivity index (χ4v) is 1.69. The first-order valence-electron chi connectivity index (χ1n) is 4.88. The third kappa shape index (κ3) is 1.92. The highest BCUT2D eigenvalue weighted by molar-refractivity contribution is 6.31. The molecule has 0 heterocycles. The summed E-state index contributed by atoms with van der Waals surface area (Å²) in [4.78, 5) is 11.1. The van der Waals surface area contributed by atoms with E-state index in [1.54, 1.807) is 18.2 Å². The van der Waals surface area contributed by atoms with Gasteiger partial charge >= 0.3 is 5.97 Å². The fourth-order valence-electron chi connectivity index (χ4n) is 1.38. The van der Waals surface area contributed by atoms with Crippen LogP contribution >= 0.6 is 11.6 Å². The smallest absolute Gasteiger partial charge is 0.312 e. The number of alkyl halides is 1. The highest BCUT2D eigenvalue weighted by Crippen LogP contribution is 2.45. The lowest BCUT2D eigenvalue weighted by molar-refractivity contribution is -0.156. The van der Waals surface area contributed by atoms with Crippen LogP contribution in [0.15, 0.2) is 24.3 Å². The first-order chi connectivity index (χ1) is 7.21. The van der Waals surface area contributed by atoms with E-state index in [1.807, 2.05) is 0 Å². The van der Waals surface area contributed by atoms with Crippen LogP contribution in [0, 0.1) is 5.41 Å². The molecule has 4 heteroatoms. The molecule has 1 rings (SSSR count). The summed E-state index contributed by atoms with van der Waals surface area (Å²) >= 11 is 5.89. The number of benzene rings is 1. The van der Waals surface area contributed by atoms with E-state index in [4.69, 9.17) is 16.7 Å². The molecule has 0 fully saturated rings. The Bertz CT molecular complexity index is 413. The number of carboxylic acid groups (broad SMARTS) is 1. The van der Waals surface area contributed by atoms with Gasteiger partial charge in [0.25, 0.3) is 0 Å². The Kier molecular flexibility index (Phi) is 3.29. The maximum absolute atomic E-state index is 14.6. The van der Waals surface area contributed by atoms with Crippen LogP contribution in [-0.4, -0.2) is 11.1 Å². The molecule has 0 aromatic heterocycles. The van der Waals surface area contributed by atoms with Gasteiger partial charge in [0.2, 0.25) is 0 Å². The zero-order valence-corrected chi connectivity index (χ0v) is 10.2. The molecule has 0 saturated heterocycles. The summed E-state index contributed by atoms with van der Waals surface area (Å²) < 4.78 is 14.6. The molecular weight excluding hydrogens is 231 g/mol. The van der Waals surface area contributed by atoms with E-state index in [-0.39, 0.29) is 10.6 Å². The van der Waals surface area contributed by atoms with Gasteiger partial charge < -0.3 is 5.11 Å². The van der Waals surface area contributed by atoms with Crippen molar-refractivity contribution in [1.82, 2.24) is 0 Å². The minimum atomic E-state index is -2.03. The lowest BCUT2D eigenvalue weighted by Gasteiger charge is -2.34. The highest BCUT2D eigenvalue weighted by Gasteiger charge is 2.49. The standard InChI is InChI=1S/C12H14ClFO2/c1-11(2,10(15)16)12(3,14)8-6-4-5-7-9(8)13/h4-7H,1-3H3,(H,15,16). The van der Waals surface area contributed by atoms with E-state index in [2.05, 4.69) is 0 Å².